The van der Waals surface area contributed by atoms with Crippen LogP contribution in [0.4, 0.5) is 5.13 Å². The van der Waals surface area contributed by atoms with Gasteiger partial charge in [-0.15, -0.1) is 35.5 Å². The Labute approximate surface area is 317 Å². The number of quaternary nitrogens is 1. The molecule has 2 aromatic rings. The average molecular weight is 796 g/mol. The van der Waals surface area contributed by atoms with Crippen LogP contribution in [0.5, 0.6) is 11.5 Å². The Kier molecular flexibility index (Phi) is 12.6. The third kappa shape index (κ3) is 9.36. The van der Waals surface area contributed by atoms with Gasteiger partial charge in [-0.2, -0.15) is 0 Å². The number of aromatic hydroxyl groups is 2. The normalized spacial score (nSPS) is 19.6. The maximum Gasteiger partial charge on any atom is 0.347 e. The number of fused-ring (bicyclic) bond motifs is 1. The number of esters is 1. The Bertz CT molecular complexity index is 1850. The van der Waals surface area contributed by atoms with Crippen molar-refractivity contribution in [2.75, 3.05) is 57.4 Å². The van der Waals surface area contributed by atoms with Gasteiger partial charge in [-0.3, -0.25) is 24.1 Å². The summed E-state index contributed by atoms with van der Waals surface area (Å²) in [6.07, 6.45) is 0.396. The monoisotopic (exact) mass is 795 g/mol. The number of phenolic OH excluding ortho intramolecular Hbond substituents is 2. The molecule has 4 N–H and O–H groups in total. The molecule has 5 rings (SSSR count). The molecule has 2 atom stereocenters. The molecule has 0 spiro atoms. The number of anilines is 1. The Hall–Kier alpha value is -4.92. The number of oxime groups is 1. The van der Waals surface area contributed by atoms with Gasteiger partial charge in [-0.1, -0.05) is 5.16 Å². The zero-order valence-electron chi connectivity index (χ0n) is 29.0. The van der Waals surface area contributed by atoms with Crippen LogP contribution < -0.4 is 15.7 Å². The predicted octanol–water partition coefficient (Wildman–Crippen LogP) is -0.387. The molecule has 3 aliphatic heterocycles. The number of nitrogens with zero attached hydrogens (tertiary/aromatic N) is 5. The van der Waals surface area contributed by atoms with Gasteiger partial charge in [-0.05, 0) is 39.0 Å². The topological polar surface area (TPSA) is 240 Å². The number of piperazine rings is 1. The van der Waals surface area contributed by atoms with Crippen molar-refractivity contribution in [3.63, 3.8) is 0 Å². The number of nitrogens with one attached hydrogen (secondary N) is 2. The van der Waals surface area contributed by atoms with Crippen molar-refractivity contribution in [2.24, 2.45) is 5.16 Å². The molecule has 21 heteroatoms. The molecule has 0 saturated carbocycles. The van der Waals surface area contributed by atoms with E-state index in [1.54, 1.807) is 25.7 Å². The molecule has 0 radical (unpaired) electrons. The summed E-state index contributed by atoms with van der Waals surface area (Å²) in [6.45, 7) is 6.25. The van der Waals surface area contributed by atoms with Crippen molar-refractivity contribution in [2.45, 2.75) is 37.8 Å². The second-order valence-corrected chi connectivity index (χ2v) is 15.4. The van der Waals surface area contributed by atoms with Crippen molar-refractivity contribution in [3.05, 3.63) is 46.1 Å². The molecular formula is C32H38ClN7O11S2. The quantitative estimate of drug-likeness (QED) is 0.0408. The number of β-lactam (4-membered cyclic amide) rings is 1. The van der Waals surface area contributed by atoms with Gasteiger partial charge < -0.3 is 49.7 Å². The van der Waals surface area contributed by atoms with Gasteiger partial charge in [0.1, 0.15) is 29.3 Å². The fourth-order valence-electron chi connectivity index (χ4n) is 5.84. The van der Waals surface area contributed by atoms with Gasteiger partial charge in [0, 0.05) is 22.3 Å². The summed E-state index contributed by atoms with van der Waals surface area (Å²) in [5.41, 5.74) is -0.791. The minimum atomic E-state index is -1.54. The number of hydrogen-bond acceptors (Lipinski definition) is 15. The fraction of sp³-hybridized carbons (Fsp3) is 0.438. The maximum absolute atomic E-state index is 13.5. The van der Waals surface area contributed by atoms with Crippen LogP contribution in [0, 0.1) is 0 Å². The molecule has 18 nitrogen and oxygen atoms in total. The number of benzene rings is 1. The molecule has 2 saturated heterocycles. The van der Waals surface area contributed by atoms with Gasteiger partial charge in [-0.25, -0.2) is 9.78 Å². The van der Waals surface area contributed by atoms with Gasteiger partial charge >= 0.3 is 5.97 Å². The summed E-state index contributed by atoms with van der Waals surface area (Å²) in [5, 5.41) is 41.3. The lowest BCUT2D eigenvalue weighted by molar-refractivity contribution is -0.908. The molecule has 4 heterocycles. The maximum atomic E-state index is 13.5. The van der Waals surface area contributed by atoms with Crippen LogP contribution in [-0.2, 0) is 33.5 Å². The lowest BCUT2D eigenvalue weighted by Crippen LogP contribution is -2.72. The van der Waals surface area contributed by atoms with E-state index in [0.717, 1.165) is 16.2 Å². The highest BCUT2D eigenvalue weighted by Crippen LogP contribution is 2.41. The van der Waals surface area contributed by atoms with E-state index in [1.807, 2.05) is 7.05 Å². The fourth-order valence-corrected chi connectivity index (χ4v) is 7.83. The lowest BCUT2D eigenvalue weighted by atomic mass is 10.0. The molecular weight excluding hydrogens is 758 g/mol. The molecule has 286 valence electrons. The number of carbonyl (C=O) groups is 6. The Morgan fingerprint density at radius 1 is 1.17 bits per heavy atom. The Balaban J connectivity index is 0.00000627. The summed E-state index contributed by atoms with van der Waals surface area (Å²) in [6, 6.07) is 2.71. The first-order valence-electron chi connectivity index (χ1n) is 15.9. The van der Waals surface area contributed by atoms with Crippen LogP contribution in [0.25, 0.3) is 0 Å². The van der Waals surface area contributed by atoms with Gasteiger partial charge in [0.05, 0.1) is 44.9 Å². The molecule has 1 aromatic carbocycles. The van der Waals surface area contributed by atoms with Crippen LogP contribution in [0.15, 0.2) is 40.0 Å². The van der Waals surface area contributed by atoms with Crippen LogP contribution in [0.1, 0.15) is 36.8 Å². The van der Waals surface area contributed by atoms with Crippen LogP contribution in [0.2, 0.25) is 0 Å². The zero-order chi connectivity index (χ0) is 38.0. The molecule has 1 aromatic heterocycles. The average Bonchev–Trinajstić information content (AvgIpc) is 3.53. The van der Waals surface area contributed by atoms with E-state index in [1.165, 1.54) is 35.3 Å². The van der Waals surface area contributed by atoms with E-state index in [-0.39, 0.29) is 58.4 Å². The van der Waals surface area contributed by atoms with Crippen molar-refractivity contribution in [1.82, 2.24) is 20.1 Å². The van der Waals surface area contributed by atoms with E-state index < -0.39 is 58.8 Å². The highest BCUT2D eigenvalue weighted by molar-refractivity contribution is 8.00. The number of phenols is 2. The summed E-state index contributed by atoms with van der Waals surface area (Å²) < 4.78 is 5.55. The number of thioether (sulfide) groups is 1. The Morgan fingerprint density at radius 3 is 2.49 bits per heavy atom. The van der Waals surface area contributed by atoms with E-state index >= 15 is 0 Å². The van der Waals surface area contributed by atoms with E-state index in [0.29, 0.717) is 42.6 Å². The molecule has 4 amide bonds. The highest BCUT2D eigenvalue weighted by atomic mass is 35.5. The smallest absolute Gasteiger partial charge is 0.347 e. The number of aromatic nitrogens is 1. The highest BCUT2D eigenvalue weighted by Gasteiger charge is 2.54. The number of amides is 4. The summed E-state index contributed by atoms with van der Waals surface area (Å²) in [7, 11) is 1.92. The molecule has 2 fully saturated rings. The largest absolute Gasteiger partial charge is 0.543 e. The summed E-state index contributed by atoms with van der Waals surface area (Å²) >= 11 is 2.25. The van der Waals surface area contributed by atoms with Crippen molar-refractivity contribution >= 4 is 82.4 Å². The number of carboxylic acids is 1. The number of carbonyl (C=O) groups excluding carboxylic acids is 6. The molecule has 53 heavy (non-hydrogen) atoms. The van der Waals surface area contributed by atoms with Gasteiger partial charge in [0.15, 0.2) is 22.3 Å². The third-order valence-electron chi connectivity index (χ3n) is 8.33. The van der Waals surface area contributed by atoms with Crippen LogP contribution in [0.3, 0.4) is 0 Å². The SMILES string of the molecule is CC(C)(C)OC(=O)CON=C(C(=O)N[C@@H]1C(=O)N2C(C(=O)[O-])=C(C[N+]3(C)CCN(C(=O)c4ccc(O)c(O)c4)CC3)CS[C@@H]12)c1csc(NC=O)n1.Cl. The number of likely N-dealkylation sites (N-methyl/N-ethyl adjacent to an activating group) is 1. The molecule has 0 bridgehead atoms. The van der Waals surface area contributed by atoms with Crippen molar-refractivity contribution in [1.29, 1.82) is 0 Å². The van der Waals surface area contributed by atoms with Crippen LogP contribution in [-0.4, -0.2) is 140 Å². The summed E-state index contributed by atoms with van der Waals surface area (Å²) in [5.74, 6) is -4.71. The number of rotatable bonds is 12. The minimum Gasteiger partial charge on any atom is -0.543 e. The summed E-state index contributed by atoms with van der Waals surface area (Å²) in [4.78, 5) is 87.3. The molecule has 0 unspecified atom stereocenters. The van der Waals surface area contributed by atoms with Crippen molar-refractivity contribution < 1.29 is 58.1 Å². The van der Waals surface area contributed by atoms with Gasteiger partial charge in [0.2, 0.25) is 13.0 Å². The molecule has 3 aliphatic rings. The number of hydrogen-bond donors (Lipinski definition) is 4. The van der Waals surface area contributed by atoms with E-state index in [2.05, 4.69) is 20.8 Å². The molecule has 0 aliphatic carbocycles. The second-order valence-electron chi connectivity index (χ2n) is 13.4. The number of thiazole rings is 1. The van der Waals surface area contributed by atoms with Gasteiger partial charge in [0.25, 0.3) is 17.7 Å². The van der Waals surface area contributed by atoms with E-state index in [9.17, 15) is 44.1 Å². The zero-order valence-corrected chi connectivity index (χ0v) is 31.5. The number of aliphatic carboxylic acids is 1. The standard InChI is InChI=1S/C32H37N7O11S2.ClH/c1-32(2,3)50-22(43)13-49-36-23(19-15-52-31(34-19)33-16-40)26(44)35-24-28(46)38-25(30(47)48)18(14-51-29(24)38)12-39(4)9-7-37(8-10-39)27(45)17-5-6-20(41)21(42)11-17;/h5-6,11,15-16,24,29H,7-10,12-14H2,1-4H3,(H4-,33,34,35,36,40,41,42,44,45,47,48);1H/t24-,29+;/m1./s1. The first kappa shape index (κ1) is 40.8. The number of carboxylic acid groups (broad SMARTS) is 1. The third-order valence-corrected chi connectivity index (χ3v) is 10.4. The van der Waals surface area contributed by atoms with Crippen LogP contribution >= 0.6 is 35.5 Å². The Morgan fingerprint density at radius 2 is 1.87 bits per heavy atom. The van der Waals surface area contributed by atoms with Crippen molar-refractivity contribution in [3.8, 4) is 11.5 Å². The minimum absolute atomic E-state index is 0. The first-order valence-corrected chi connectivity index (χ1v) is 17.8. The predicted molar refractivity (Wildman–Crippen MR) is 191 cm³/mol. The first-order chi connectivity index (χ1) is 24.5. The second kappa shape index (κ2) is 16.4. The number of ether oxygens (including phenoxy) is 1. The lowest BCUT2D eigenvalue weighted by Gasteiger charge is -2.51. The van der Waals surface area contributed by atoms with E-state index in [4.69, 9.17) is 9.57 Å². The number of halogens is 1.